The number of carbonyl (C=O) groups excluding carboxylic acids is 1. The van der Waals surface area contributed by atoms with Crippen molar-refractivity contribution in [3.8, 4) is 0 Å². The first kappa shape index (κ1) is 16.8. The van der Waals surface area contributed by atoms with Crippen molar-refractivity contribution in [1.29, 1.82) is 0 Å². The second kappa shape index (κ2) is 6.70. The molecule has 2 aromatic rings. The molecule has 0 aromatic carbocycles. The fourth-order valence-electron chi connectivity index (χ4n) is 1.58. The monoisotopic (exact) mass is 343 g/mol. The number of pyridine rings is 1. The number of hydrogen-bond acceptors (Lipinski definition) is 5. The van der Waals surface area contributed by atoms with E-state index in [0.29, 0.717) is 5.13 Å². The summed E-state index contributed by atoms with van der Waals surface area (Å²) in [5.74, 6) is -3.13. The number of amides is 1. The summed E-state index contributed by atoms with van der Waals surface area (Å²) in [6.45, 7) is 6.06. The zero-order valence-corrected chi connectivity index (χ0v) is 13.9. The smallest absolute Gasteiger partial charge is 0.290 e. The number of hydrogen-bond donors (Lipinski definition) is 1. The highest BCUT2D eigenvalue weighted by molar-refractivity contribution is 7.99. The van der Waals surface area contributed by atoms with Gasteiger partial charge in [0.05, 0.1) is 11.3 Å². The first-order valence-electron chi connectivity index (χ1n) is 6.44. The molecule has 118 valence electrons. The Morgan fingerprint density at radius 3 is 2.73 bits per heavy atom. The molecule has 22 heavy (non-hydrogen) atoms. The van der Waals surface area contributed by atoms with Gasteiger partial charge in [0.15, 0.2) is 5.13 Å². The van der Waals surface area contributed by atoms with Crippen molar-refractivity contribution in [1.82, 2.24) is 9.97 Å². The highest BCUT2D eigenvalue weighted by Gasteiger charge is 2.20. The highest BCUT2D eigenvalue weighted by atomic mass is 32.2. The topological polar surface area (TPSA) is 54.9 Å². The van der Waals surface area contributed by atoms with Crippen molar-refractivity contribution in [2.45, 2.75) is 37.0 Å². The van der Waals surface area contributed by atoms with Crippen LogP contribution in [-0.2, 0) is 5.41 Å². The Morgan fingerprint density at radius 1 is 1.41 bits per heavy atom. The predicted octanol–water partition coefficient (Wildman–Crippen LogP) is 4.40. The maximum Gasteiger partial charge on any atom is 0.290 e. The summed E-state index contributed by atoms with van der Waals surface area (Å²) in [6.07, 6.45) is 1.38. The lowest BCUT2D eigenvalue weighted by molar-refractivity contribution is 0.102. The standard InChI is InChI=1S/C14H15F2N3OS2/c1-14(2,3)9-7-21-13(18-9)19-10(20)8-5-4-6-17-11(8)22-12(15)16/h4-7,12H,1-3H3,(H,18,19,20). The molecule has 0 aliphatic heterocycles. The molecule has 0 unspecified atom stereocenters. The van der Waals surface area contributed by atoms with Crippen molar-refractivity contribution in [2.24, 2.45) is 0 Å². The van der Waals surface area contributed by atoms with Gasteiger partial charge in [-0.15, -0.1) is 11.3 Å². The summed E-state index contributed by atoms with van der Waals surface area (Å²) in [6, 6.07) is 3.00. The third kappa shape index (κ3) is 4.23. The number of thiazole rings is 1. The maximum atomic E-state index is 12.5. The molecule has 0 atom stereocenters. The molecule has 8 heteroatoms. The van der Waals surface area contributed by atoms with E-state index in [1.807, 2.05) is 26.2 Å². The SMILES string of the molecule is CC(C)(C)c1csc(NC(=O)c2cccnc2SC(F)F)n1. The van der Waals surface area contributed by atoms with Crippen LogP contribution in [0, 0.1) is 0 Å². The molecule has 0 fully saturated rings. The van der Waals surface area contributed by atoms with Gasteiger partial charge < -0.3 is 0 Å². The van der Waals surface area contributed by atoms with Crippen molar-refractivity contribution >= 4 is 34.1 Å². The van der Waals surface area contributed by atoms with Crippen LogP contribution in [0.25, 0.3) is 0 Å². The molecule has 0 aliphatic carbocycles. The first-order valence-corrected chi connectivity index (χ1v) is 8.20. The van der Waals surface area contributed by atoms with Gasteiger partial charge in [0, 0.05) is 17.0 Å². The van der Waals surface area contributed by atoms with Gasteiger partial charge in [-0.25, -0.2) is 9.97 Å². The Balaban J connectivity index is 2.18. The molecule has 0 bridgehead atoms. The molecule has 1 amide bonds. The van der Waals surface area contributed by atoms with Crippen LogP contribution in [0.5, 0.6) is 0 Å². The van der Waals surface area contributed by atoms with Crippen LogP contribution in [-0.4, -0.2) is 21.6 Å². The van der Waals surface area contributed by atoms with Gasteiger partial charge in [-0.3, -0.25) is 10.1 Å². The number of thioether (sulfide) groups is 1. The summed E-state index contributed by atoms with van der Waals surface area (Å²) in [4.78, 5) is 20.4. The number of anilines is 1. The van der Waals surface area contributed by atoms with E-state index >= 15 is 0 Å². The third-order valence-electron chi connectivity index (χ3n) is 2.71. The number of alkyl halides is 2. The number of aromatic nitrogens is 2. The van der Waals surface area contributed by atoms with Crippen LogP contribution in [0.15, 0.2) is 28.7 Å². The number of carbonyl (C=O) groups is 1. The molecule has 0 saturated heterocycles. The lowest BCUT2D eigenvalue weighted by Crippen LogP contribution is -2.15. The van der Waals surface area contributed by atoms with Crippen LogP contribution in [0.2, 0.25) is 0 Å². The molecule has 1 N–H and O–H groups in total. The Labute approximate surface area is 135 Å². The van der Waals surface area contributed by atoms with Gasteiger partial charge in [-0.05, 0) is 23.9 Å². The van der Waals surface area contributed by atoms with Gasteiger partial charge in [0.2, 0.25) is 0 Å². The van der Waals surface area contributed by atoms with Crippen molar-refractivity contribution in [3.05, 3.63) is 35.0 Å². The number of nitrogens with one attached hydrogen (secondary N) is 1. The molecule has 4 nitrogen and oxygen atoms in total. The van der Waals surface area contributed by atoms with Gasteiger partial charge in [-0.1, -0.05) is 20.8 Å². The van der Waals surface area contributed by atoms with Crippen LogP contribution >= 0.6 is 23.1 Å². The second-order valence-electron chi connectivity index (χ2n) is 5.48. The van der Waals surface area contributed by atoms with Crippen molar-refractivity contribution in [2.75, 3.05) is 5.32 Å². The van der Waals surface area contributed by atoms with Gasteiger partial charge >= 0.3 is 0 Å². The van der Waals surface area contributed by atoms with E-state index in [-0.39, 0.29) is 27.8 Å². The van der Waals surface area contributed by atoms with E-state index < -0.39 is 11.7 Å². The van der Waals surface area contributed by atoms with Crippen LogP contribution in [0.1, 0.15) is 36.8 Å². The normalized spacial score (nSPS) is 11.7. The molecule has 0 radical (unpaired) electrons. The Bertz CT molecular complexity index is 668. The summed E-state index contributed by atoms with van der Waals surface area (Å²) in [7, 11) is 0. The first-order chi connectivity index (χ1) is 10.3. The molecule has 2 rings (SSSR count). The fourth-order valence-corrected chi connectivity index (χ4v) is 3.09. The maximum absolute atomic E-state index is 12.5. The number of nitrogens with zero attached hydrogens (tertiary/aromatic N) is 2. The molecular weight excluding hydrogens is 328 g/mol. The quantitative estimate of drug-likeness (QED) is 0.836. The Hall–Kier alpha value is -1.54. The van der Waals surface area contributed by atoms with E-state index in [9.17, 15) is 13.6 Å². The van der Waals surface area contributed by atoms with E-state index in [1.54, 1.807) is 0 Å². The molecule has 2 heterocycles. The second-order valence-corrected chi connectivity index (χ2v) is 7.31. The van der Waals surface area contributed by atoms with Gasteiger partial charge in [0.25, 0.3) is 11.7 Å². The fraction of sp³-hybridized carbons (Fsp3) is 0.357. The van der Waals surface area contributed by atoms with Crippen LogP contribution in [0.3, 0.4) is 0 Å². The summed E-state index contributed by atoms with van der Waals surface area (Å²) in [5.41, 5.74) is 0.853. The Morgan fingerprint density at radius 2 is 2.14 bits per heavy atom. The van der Waals surface area contributed by atoms with Gasteiger partial charge in [-0.2, -0.15) is 8.78 Å². The minimum atomic E-state index is -2.63. The zero-order valence-electron chi connectivity index (χ0n) is 12.3. The summed E-state index contributed by atoms with van der Waals surface area (Å²) in [5, 5.41) is 4.94. The summed E-state index contributed by atoms with van der Waals surface area (Å²) >= 11 is 1.55. The largest absolute Gasteiger partial charge is 0.298 e. The lowest BCUT2D eigenvalue weighted by Gasteiger charge is -2.14. The average Bonchev–Trinajstić information content (AvgIpc) is 2.87. The van der Waals surface area contributed by atoms with Crippen LogP contribution in [0.4, 0.5) is 13.9 Å². The molecule has 0 saturated carbocycles. The van der Waals surface area contributed by atoms with E-state index in [1.165, 1.54) is 29.7 Å². The minimum absolute atomic E-state index is 0.00241. The van der Waals surface area contributed by atoms with E-state index in [2.05, 4.69) is 15.3 Å². The molecule has 0 aliphatic rings. The highest BCUT2D eigenvalue weighted by Crippen LogP contribution is 2.29. The van der Waals surface area contributed by atoms with Crippen molar-refractivity contribution < 1.29 is 13.6 Å². The number of rotatable bonds is 4. The van der Waals surface area contributed by atoms with E-state index in [0.717, 1.165) is 5.69 Å². The third-order valence-corrected chi connectivity index (χ3v) is 4.19. The van der Waals surface area contributed by atoms with Crippen molar-refractivity contribution in [3.63, 3.8) is 0 Å². The molecule has 2 aromatic heterocycles. The molecule has 0 spiro atoms. The average molecular weight is 343 g/mol. The minimum Gasteiger partial charge on any atom is -0.298 e. The van der Waals surface area contributed by atoms with Crippen LogP contribution < -0.4 is 5.32 Å². The van der Waals surface area contributed by atoms with Gasteiger partial charge in [0.1, 0.15) is 5.03 Å². The lowest BCUT2D eigenvalue weighted by atomic mass is 9.93. The number of halogens is 2. The zero-order chi connectivity index (χ0) is 16.3. The Kier molecular flexibility index (Phi) is 5.12. The van der Waals surface area contributed by atoms with E-state index in [4.69, 9.17) is 0 Å². The predicted molar refractivity (Wildman–Crippen MR) is 84.9 cm³/mol. The summed E-state index contributed by atoms with van der Waals surface area (Å²) < 4.78 is 25.0. The molecular formula is C14H15F2N3OS2.